The number of nitrogens with zero attached hydrogens (tertiary/aromatic N) is 3. The van der Waals surface area contributed by atoms with Gasteiger partial charge < -0.3 is 9.80 Å². The number of carbonyl (C=O) groups is 1. The summed E-state index contributed by atoms with van der Waals surface area (Å²) in [7, 11) is 7.97. The minimum absolute atomic E-state index is 0.0747. The van der Waals surface area contributed by atoms with Gasteiger partial charge in [0.1, 0.15) is 0 Å². The molecular formula is C20H21N3OS2. The molecule has 4 nitrogen and oxygen atoms in total. The maximum absolute atomic E-state index is 12.8. The highest BCUT2D eigenvalue weighted by atomic mass is 32.2. The number of anilines is 3. The van der Waals surface area contributed by atoms with Gasteiger partial charge in [0.25, 0.3) is 5.91 Å². The van der Waals surface area contributed by atoms with Crippen molar-refractivity contribution < 1.29 is 4.79 Å². The molecule has 1 heterocycles. The molecule has 0 radical (unpaired) electrons. The Bertz CT molecular complexity index is 856. The molecule has 26 heavy (non-hydrogen) atoms. The van der Waals surface area contributed by atoms with Crippen molar-refractivity contribution in [3.8, 4) is 0 Å². The smallest absolute Gasteiger partial charge is 0.270 e. The Balaban J connectivity index is 1.84. The second-order valence-electron chi connectivity index (χ2n) is 6.41. The van der Waals surface area contributed by atoms with E-state index in [-0.39, 0.29) is 5.91 Å². The number of hydrogen-bond acceptors (Lipinski definition) is 5. The molecule has 1 amide bonds. The van der Waals surface area contributed by atoms with E-state index in [1.54, 1.807) is 4.90 Å². The Morgan fingerprint density at radius 1 is 0.885 bits per heavy atom. The van der Waals surface area contributed by atoms with Crippen molar-refractivity contribution in [1.82, 2.24) is 0 Å². The molecule has 6 heteroatoms. The average Bonchev–Trinajstić information content (AvgIpc) is 2.89. The topological polar surface area (TPSA) is 26.8 Å². The molecule has 0 bridgehead atoms. The van der Waals surface area contributed by atoms with Gasteiger partial charge in [-0.25, -0.2) is 0 Å². The third-order valence-corrected chi connectivity index (χ3v) is 5.43. The molecule has 0 unspecified atom stereocenters. The molecule has 0 aromatic heterocycles. The average molecular weight is 384 g/mol. The summed E-state index contributed by atoms with van der Waals surface area (Å²) in [6.45, 7) is 0. The van der Waals surface area contributed by atoms with Gasteiger partial charge >= 0.3 is 0 Å². The lowest BCUT2D eigenvalue weighted by Gasteiger charge is -2.17. The molecule has 0 N–H and O–H groups in total. The number of thioether (sulfide) groups is 1. The summed E-state index contributed by atoms with van der Waals surface area (Å²) < 4.78 is 0.559. The highest BCUT2D eigenvalue weighted by Gasteiger charge is 2.33. The molecule has 134 valence electrons. The summed E-state index contributed by atoms with van der Waals surface area (Å²) in [5, 5.41) is 0. The largest absolute Gasteiger partial charge is 0.378 e. The van der Waals surface area contributed by atoms with E-state index < -0.39 is 0 Å². The van der Waals surface area contributed by atoms with E-state index in [4.69, 9.17) is 12.2 Å². The number of hydrogen-bond donors (Lipinski definition) is 0. The summed E-state index contributed by atoms with van der Waals surface area (Å²) in [5.74, 6) is -0.0747. The molecule has 0 saturated carbocycles. The van der Waals surface area contributed by atoms with Crippen LogP contribution < -0.4 is 14.7 Å². The SMILES string of the molecule is CN(C)c1ccc(/C=C2\SC(=S)N(c3ccc(N(C)C)cc3)C2=O)cc1. The Morgan fingerprint density at radius 3 is 1.88 bits per heavy atom. The summed E-state index contributed by atoms with van der Waals surface area (Å²) in [5.41, 5.74) is 3.98. The standard InChI is InChI=1S/C20H21N3OS2/c1-21(2)15-7-5-14(6-8-15)13-18-19(24)23(20(25)26-18)17-11-9-16(10-12-17)22(3)4/h5-13H,1-4H3/b18-13-. The van der Waals surface area contributed by atoms with Gasteiger partial charge in [0.05, 0.1) is 10.6 Å². The molecule has 1 fully saturated rings. The van der Waals surface area contributed by atoms with Gasteiger partial charge in [0, 0.05) is 39.6 Å². The van der Waals surface area contributed by atoms with Gasteiger partial charge in [0.2, 0.25) is 0 Å². The predicted molar refractivity (Wildman–Crippen MR) is 117 cm³/mol. The summed E-state index contributed by atoms with van der Waals surface area (Å²) in [6, 6.07) is 15.9. The first kappa shape index (κ1) is 18.5. The van der Waals surface area contributed by atoms with Crippen LogP contribution >= 0.6 is 24.0 Å². The van der Waals surface area contributed by atoms with Crippen molar-refractivity contribution in [3.63, 3.8) is 0 Å². The number of thiocarbonyl (C=S) groups is 1. The molecule has 2 aromatic rings. The van der Waals surface area contributed by atoms with E-state index in [2.05, 4.69) is 0 Å². The van der Waals surface area contributed by atoms with Crippen LogP contribution in [0.2, 0.25) is 0 Å². The number of benzene rings is 2. The van der Waals surface area contributed by atoms with Crippen molar-refractivity contribution in [2.45, 2.75) is 0 Å². The fraction of sp³-hybridized carbons (Fsp3) is 0.200. The fourth-order valence-corrected chi connectivity index (χ4v) is 3.91. The maximum Gasteiger partial charge on any atom is 0.270 e. The Hall–Kier alpha value is -2.31. The summed E-state index contributed by atoms with van der Waals surface area (Å²) >= 11 is 6.78. The first-order valence-electron chi connectivity index (χ1n) is 8.19. The zero-order chi connectivity index (χ0) is 18.8. The highest BCUT2D eigenvalue weighted by Crippen LogP contribution is 2.36. The molecule has 1 aliphatic rings. The second kappa shape index (κ2) is 7.51. The molecule has 3 rings (SSSR count). The van der Waals surface area contributed by atoms with Crippen LogP contribution in [0.4, 0.5) is 17.1 Å². The molecule has 1 saturated heterocycles. The third-order valence-electron chi connectivity index (χ3n) is 4.13. The van der Waals surface area contributed by atoms with E-state index in [9.17, 15) is 4.79 Å². The van der Waals surface area contributed by atoms with E-state index in [1.165, 1.54) is 11.8 Å². The molecular weight excluding hydrogens is 362 g/mol. The van der Waals surface area contributed by atoms with E-state index in [0.29, 0.717) is 9.23 Å². The second-order valence-corrected chi connectivity index (χ2v) is 8.09. The monoisotopic (exact) mass is 383 g/mol. The number of rotatable bonds is 4. The van der Waals surface area contributed by atoms with Crippen LogP contribution in [0.25, 0.3) is 6.08 Å². The first-order chi connectivity index (χ1) is 12.4. The lowest BCUT2D eigenvalue weighted by Crippen LogP contribution is -2.27. The minimum Gasteiger partial charge on any atom is -0.378 e. The van der Waals surface area contributed by atoms with Crippen molar-refractivity contribution in [2.75, 3.05) is 42.9 Å². The van der Waals surface area contributed by atoms with Crippen LogP contribution in [0, 0.1) is 0 Å². The van der Waals surface area contributed by atoms with Gasteiger partial charge in [-0.15, -0.1) is 0 Å². The lowest BCUT2D eigenvalue weighted by molar-refractivity contribution is -0.113. The highest BCUT2D eigenvalue weighted by molar-refractivity contribution is 8.27. The van der Waals surface area contributed by atoms with Crippen LogP contribution in [-0.2, 0) is 4.79 Å². The minimum atomic E-state index is -0.0747. The van der Waals surface area contributed by atoms with Gasteiger partial charge in [-0.2, -0.15) is 0 Å². The third kappa shape index (κ3) is 3.76. The van der Waals surface area contributed by atoms with E-state index in [0.717, 1.165) is 22.6 Å². The van der Waals surface area contributed by atoms with Crippen LogP contribution in [0.5, 0.6) is 0 Å². The Labute approximate surface area is 164 Å². The van der Waals surface area contributed by atoms with Gasteiger partial charge in [-0.05, 0) is 48.0 Å². The molecule has 0 aliphatic carbocycles. The Morgan fingerprint density at radius 2 is 1.38 bits per heavy atom. The molecule has 0 spiro atoms. The van der Waals surface area contributed by atoms with Crippen molar-refractivity contribution >= 4 is 57.3 Å². The van der Waals surface area contributed by atoms with E-state index in [1.807, 2.05) is 92.6 Å². The van der Waals surface area contributed by atoms with Crippen LogP contribution in [0.15, 0.2) is 53.4 Å². The number of carbonyl (C=O) groups excluding carboxylic acids is 1. The van der Waals surface area contributed by atoms with Crippen LogP contribution in [0.1, 0.15) is 5.56 Å². The first-order valence-corrected chi connectivity index (χ1v) is 9.42. The van der Waals surface area contributed by atoms with Crippen molar-refractivity contribution in [3.05, 3.63) is 59.0 Å². The van der Waals surface area contributed by atoms with Gasteiger partial charge in [-0.1, -0.05) is 36.1 Å². The quantitative estimate of drug-likeness (QED) is 0.582. The van der Waals surface area contributed by atoms with Crippen molar-refractivity contribution in [1.29, 1.82) is 0 Å². The lowest BCUT2D eigenvalue weighted by atomic mass is 10.2. The summed E-state index contributed by atoms with van der Waals surface area (Å²) in [4.78, 5) is 19.1. The predicted octanol–water partition coefficient (Wildman–Crippen LogP) is 4.22. The van der Waals surface area contributed by atoms with Gasteiger partial charge in [-0.3, -0.25) is 9.69 Å². The maximum atomic E-state index is 12.8. The molecule has 1 aliphatic heterocycles. The molecule has 2 aromatic carbocycles. The Kier molecular flexibility index (Phi) is 5.34. The van der Waals surface area contributed by atoms with Gasteiger partial charge in [0.15, 0.2) is 4.32 Å². The zero-order valence-corrected chi connectivity index (χ0v) is 16.9. The van der Waals surface area contributed by atoms with Crippen LogP contribution in [-0.4, -0.2) is 38.4 Å². The fourth-order valence-electron chi connectivity index (χ4n) is 2.61. The zero-order valence-electron chi connectivity index (χ0n) is 15.3. The number of amides is 1. The van der Waals surface area contributed by atoms with Crippen molar-refractivity contribution in [2.24, 2.45) is 0 Å². The summed E-state index contributed by atoms with van der Waals surface area (Å²) in [6.07, 6.45) is 1.90. The normalized spacial score (nSPS) is 15.7. The van der Waals surface area contributed by atoms with E-state index >= 15 is 0 Å². The van der Waals surface area contributed by atoms with Crippen LogP contribution in [0.3, 0.4) is 0 Å². The molecule has 0 atom stereocenters.